The molecule has 1 heterocycles. The number of hydrogen-bond acceptors (Lipinski definition) is 3. The van der Waals surface area contributed by atoms with Crippen molar-refractivity contribution in [1.82, 2.24) is 4.90 Å². The molecule has 1 aromatic carbocycles. The first-order valence-electron chi connectivity index (χ1n) is 7.34. The Hall–Kier alpha value is -2.04. The van der Waals surface area contributed by atoms with Crippen molar-refractivity contribution < 1.29 is 14.7 Å². The third-order valence-corrected chi connectivity index (χ3v) is 4.36. The zero-order valence-corrected chi connectivity index (χ0v) is 12.5. The van der Waals surface area contributed by atoms with E-state index in [1.54, 1.807) is 18.2 Å². The SMILES string of the molecule is CCC1CCN(C(=O)c2ccc(C)c(N)c2)C(C(=O)O)C1. The molecular weight excluding hydrogens is 268 g/mol. The number of nitrogens with zero attached hydrogens (tertiary/aromatic N) is 1. The van der Waals surface area contributed by atoms with E-state index in [-0.39, 0.29) is 5.91 Å². The highest BCUT2D eigenvalue weighted by molar-refractivity contribution is 5.97. The van der Waals surface area contributed by atoms with Crippen LogP contribution in [0.5, 0.6) is 0 Å². The number of hydrogen-bond donors (Lipinski definition) is 2. The Kier molecular flexibility index (Phi) is 4.50. The van der Waals surface area contributed by atoms with E-state index in [9.17, 15) is 14.7 Å². The second kappa shape index (κ2) is 6.16. The van der Waals surface area contributed by atoms with Crippen LogP contribution >= 0.6 is 0 Å². The number of carbonyl (C=O) groups is 2. The summed E-state index contributed by atoms with van der Waals surface area (Å²) in [6.45, 7) is 4.42. The normalized spacial score (nSPS) is 22.1. The van der Waals surface area contributed by atoms with Crippen LogP contribution in [0.2, 0.25) is 0 Å². The van der Waals surface area contributed by atoms with E-state index >= 15 is 0 Å². The Labute approximate surface area is 124 Å². The molecule has 1 fully saturated rings. The first kappa shape index (κ1) is 15.4. The lowest BCUT2D eigenvalue weighted by molar-refractivity contribution is -0.144. The number of aryl methyl sites for hydroxylation is 1. The van der Waals surface area contributed by atoms with Crippen LogP contribution in [0.1, 0.15) is 42.1 Å². The van der Waals surface area contributed by atoms with Crippen molar-refractivity contribution in [2.75, 3.05) is 12.3 Å². The van der Waals surface area contributed by atoms with Gasteiger partial charge in [0.15, 0.2) is 0 Å². The van der Waals surface area contributed by atoms with Crippen LogP contribution in [0.4, 0.5) is 5.69 Å². The molecule has 0 spiro atoms. The molecular formula is C16H22N2O3. The second-order valence-corrected chi connectivity index (χ2v) is 5.72. The van der Waals surface area contributed by atoms with Crippen molar-refractivity contribution in [1.29, 1.82) is 0 Å². The summed E-state index contributed by atoms with van der Waals surface area (Å²) in [6.07, 6.45) is 2.33. The third kappa shape index (κ3) is 3.17. The number of rotatable bonds is 3. The molecule has 0 bridgehead atoms. The van der Waals surface area contributed by atoms with Crippen LogP contribution in [0, 0.1) is 12.8 Å². The first-order valence-corrected chi connectivity index (χ1v) is 7.34. The molecule has 3 N–H and O–H groups in total. The van der Waals surface area contributed by atoms with Gasteiger partial charge >= 0.3 is 5.97 Å². The van der Waals surface area contributed by atoms with Crippen LogP contribution in [0.15, 0.2) is 18.2 Å². The predicted octanol–water partition coefficient (Wildman–Crippen LogP) is 2.29. The quantitative estimate of drug-likeness (QED) is 0.837. The monoisotopic (exact) mass is 290 g/mol. The topological polar surface area (TPSA) is 83.6 Å². The van der Waals surface area contributed by atoms with Crippen molar-refractivity contribution in [3.05, 3.63) is 29.3 Å². The van der Waals surface area contributed by atoms with Crippen molar-refractivity contribution in [2.45, 2.75) is 39.2 Å². The predicted molar refractivity (Wildman–Crippen MR) is 81.1 cm³/mol. The molecule has 0 aliphatic carbocycles. The zero-order chi connectivity index (χ0) is 15.6. The Balaban J connectivity index is 2.24. The number of carboxylic acid groups (broad SMARTS) is 1. The van der Waals surface area contributed by atoms with Gasteiger partial charge in [-0.25, -0.2) is 4.79 Å². The van der Waals surface area contributed by atoms with Gasteiger partial charge in [-0.1, -0.05) is 19.4 Å². The maximum atomic E-state index is 12.6. The van der Waals surface area contributed by atoms with Gasteiger partial charge in [-0.3, -0.25) is 4.79 Å². The molecule has 1 saturated heterocycles. The minimum atomic E-state index is -0.929. The van der Waals surface area contributed by atoms with Crippen LogP contribution in [0.25, 0.3) is 0 Å². The van der Waals surface area contributed by atoms with E-state index in [1.165, 1.54) is 4.90 Å². The zero-order valence-electron chi connectivity index (χ0n) is 12.5. The summed E-state index contributed by atoms with van der Waals surface area (Å²) in [4.78, 5) is 25.5. The van der Waals surface area contributed by atoms with Crippen molar-refractivity contribution in [3.63, 3.8) is 0 Å². The molecule has 0 radical (unpaired) electrons. The van der Waals surface area contributed by atoms with Crippen molar-refractivity contribution in [2.24, 2.45) is 5.92 Å². The Bertz CT molecular complexity index is 556. The van der Waals surface area contributed by atoms with Gasteiger partial charge in [0, 0.05) is 17.8 Å². The maximum absolute atomic E-state index is 12.6. The Morgan fingerprint density at radius 3 is 2.71 bits per heavy atom. The number of amides is 1. The lowest BCUT2D eigenvalue weighted by atomic mass is 9.88. The van der Waals surface area contributed by atoms with E-state index in [0.717, 1.165) is 18.4 Å². The maximum Gasteiger partial charge on any atom is 0.326 e. The molecule has 2 unspecified atom stereocenters. The highest BCUT2D eigenvalue weighted by Crippen LogP contribution is 2.27. The molecule has 114 valence electrons. The van der Waals surface area contributed by atoms with Crippen LogP contribution in [-0.2, 0) is 4.79 Å². The van der Waals surface area contributed by atoms with E-state index in [4.69, 9.17) is 5.73 Å². The second-order valence-electron chi connectivity index (χ2n) is 5.72. The van der Waals surface area contributed by atoms with Gasteiger partial charge in [0.1, 0.15) is 6.04 Å². The van der Waals surface area contributed by atoms with Gasteiger partial charge in [-0.05, 0) is 43.4 Å². The number of carbonyl (C=O) groups excluding carboxylic acids is 1. The van der Waals surface area contributed by atoms with E-state index in [2.05, 4.69) is 6.92 Å². The molecule has 5 heteroatoms. The summed E-state index contributed by atoms with van der Waals surface area (Å²) in [6, 6.07) is 4.39. The summed E-state index contributed by atoms with van der Waals surface area (Å²) in [7, 11) is 0. The van der Waals surface area contributed by atoms with E-state index < -0.39 is 12.0 Å². The number of aliphatic carboxylic acids is 1. The fourth-order valence-corrected chi connectivity index (χ4v) is 2.83. The molecule has 21 heavy (non-hydrogen) atoms. The summed E-state index contributed by atoms with van der Waals surface area (Å²) >= 11 is 0. The summed E-state index contributed by atoms with van der Waals surface area (Å²) in [5, 5.41) is 9.40. The van der Waals surface area contributed by atoms with Crippen LogP contribution in [-0.4, -0.2) is 34.5 Å². The lowest BCUT2D eigenvalue weighted by Crippen LogP contribution is -2.50. The number of anilines is 1. The molecule has 2 rings (SSSR count). The molecule has 1 aliphatic rings. The highest BCUT2D eigenvalue weighted by Gasteiger charge is 2.35. The third-order valence-electron chi connectivity index (χ3n) is 4.36. The average Bonchev–Trinajstić information content (AvgIpc) is 2.48. The molecule has 1 aromatic rings. The van der Waals surface area contributed by atoms with Crippen LogP contribution in [0.3, 0.4) is 0 Å². The minimum absolute atomic E-state index is 0.247. The molecule has 1 amide bonds. The number of nitrogens with two attached hydrogens (primary N) is 1. The minimum Gasteiger partial charge on any atom is -0.480 e. The average molecular weight is 290 g/mol. The fourth-order valence-electron chi connectivity index (χ4n) is 2.83. The molecule has 2 atom stereocenters. The standard InChI is InChI=1S/C16H22N2O3/c1-3-11-6-7-18(14(8-11)16(20)21)15(19)12-5-4-10(2)13(17)9-12/h4-5,9,11,14H,3,6-8,17H2,1-2H3,(H,20,21). The molecule has 5 nitrogen and oxygen atoms in total. The number of nitrogen functional groups attached to an aromatic ring is 1. The van der Waals surface area contributed by atoms with Gasteiger partial charge in [0.25, 0.3) is 5.91 Å². The van der Waals surface area contributed by atoms with Gasteiger partial charge in [0.2, 0.25) is 0 Å². The largest absolute Gasteiger partial charge is 0.480 e. The van der Waals surface area contributed by atoms with Crippen molar-refractivity contribution in [3.8, 4) is 0 Å². The smallest absolute Gasteiger partial charge is 0.326 e. The van der Waals surface area contributed by atoms with Gasteiger partial charge < -0.3 is 15.7 Å². The molecule has 1 aliphatic heterocycles. The summed E-state index contributed by atoms with van der Waals surface area (Å²) in [5.41, 5.74) is 7.76. The van der Waals surface area contributed by atoms with Crippen LogP contribution < -0.4 is 5.73 Å². The number of piperidine rings is 1. The van der Waals surface area contributed by atoms with Gasteiger partial charge in [0.05, 0.1) is 0 Å². The molecule has 0 aromatic heterocycles. The summed E-state index contributed by atoms with van der Waals surface area (Å²) < 4.78 is 0. The number of benzene rings is 1. The fraction of sp³-hybridized carbons (Fsp3) is 0.500. The van der Waals surface area contributed by atoms with Crippen molar-refractivity contribution >= 4 is 17.6 Å². The Morgan fingerprint density at radius 2 is 2.14 bits per heavy atom. The number of carboxylic acids is 1. The molecule has 0 saturated carbocycles. The van der Waals surface area contributed by atoms with E-state index in [0.29, 0.717) is 30.1 Å². The lowest BCUT2D eigenvalue weighted by Gasteiger charge is -2.37. The van der Waals surface area contributed by atoms with Gasteiger partial charge in [-0.15, -0.1) is 0 Å². The highest BCUT2D eigenvalue weighted by atomic mass is 16.4. The summed E-state index contributed by atoms with van der Waals surface area (Å²) in [5.74, 6) is -0.802. The number of likely N-dealkylation sites (tertiary alicyclic amines) is 1. The van der Waals surface area contributed by atoms with Gasteiger partial charge in [-0.2, -0.15) is 0 Å². The van der Waals surface area contributed by atoms with E-state index in [1.807, 2.05) is 6.92 Å². The first-order chi connectivity index (χ1) is 9.93. The Morgan fingerprint density at radius 1 is 1.43 bits per heavy atom.